The van der Waals surface area contributed by atoms with Crippen LogP contribution in [-0.4, -0.2) is 22.2 Å². The van der Waals surface area contributed by atoms with E-state index in [-0.39, 0.29) is 5.88 Å². The quantitative estimate of drug-likeness (QED) is 0.714. The third-order valence-corrected chi connectivity index (χ3v) is 1.68. The van der Waals surface area contributed by atoms with Gasteiger partial charge in [0.25, 0.3) is 0 Å². The van der Waals surface area contributed by atoms with Crippen LogP contribution in [-0.2, 0) is 11.3 Å². The average molecular weight is 168 g/mol. The molecule has 0 bridgehead atoms. The highest BCUT2D eigenvalue weighted by molar-refractivity contribution is 5.27. The van der Waals surface area contributed by atoms with Crippen LogP contribution < -0.4 is 0 Å². The van der Waals surface area contributed by atoms with Crippen LogP contribution in [0, 0.1) is 13.8 Å². The predicted molar refractivity (Wildman–Crippen MR) is 43.9 cm³/mol. The van der Waals surface area contributed by atoms with Crippen molar-refractivity contribution < 1.29 is 9.84 Å². The maximum absolute atomic E-state index is 9.30. The first-order valence-electron chi connectivity index (χ1n) is 3.67. The Balaban J connectivity index is 3.04. The molecule has 0 aliphatic rings. The van der Waals surface area contributed by atoms with Crippen LogP contribution in [0.15, 0.2) is 0 Å². The van der Waals surface area contributed by atoms with Crippen molar-refractivity contribution >= 4 is 0 Å². The van der Waals surface area contributed by atoms with Crippen molar-refractivity contribution in [3.8, 4) is 5.88 Å². The van der Waals surface area contributed by atoms with Gasteiger partial charge < -0.3 is 9.84 Å². The molecule has 12 heavy (non-hydrogen) atoms. The van der Waals surface area contributed by atoms with Gasteiger partial charge in [-0.1, -0.05) is 0 Å². The van der Waals surface area contributed by atoms with Crippen molar-refractivity contribution in [1.82, 2.24) is 9.97 Å². The second kappa shape index (κ2) is 3.49. The summed E-state index contributed by atoms with van der Waals surface area (Å²) in [7, 11) is 1.57. The van der Waals surface area contributed by atoms with E-state index in [1.807, 2.05) is 6.92 Å². The molecule has 0 atom stereocenters. The summed E-state index contributed by atoms with van der Waals surface area (Å²) in [6, 6.07) is 0. The molecule has 0 saturated heterocycles. The van der Waals surface area contributed by atoms with Crippen LogP contribution in [0.1, 0.15) is 17.1 Å². The third-order valence-electron chi connectivity index (χ3n) is 1.68. The Morgan fingerprint density at radius 2 is 2.00 bits per heavy atom. The third kappa shape index (κ3) is 1.71. The zero-order valence-corrected chi connectivity index (χ0v) is 7.46. The Bertz CT molecular complexity index is 263. The van der Waals surface area contributed by atoms with Crippen LogP contribution in [0.4, 0.5) is 0 Å². The number of aromatic hydroxyl groups is 1. The van der Waals surface area contributed by atoms with Gasteiger partial charge in [-0.05, 0) is 13.8 Å². The monoisotopic (exact) mass is 168 g/mol. The van der Waals surface area contributed by atoms with Gasteiger partial charge in [-0.25, -0.2) is 4.98 Å². The Kier molecular flexibility index (Phi) is 2.60. The van der Waals surface area contributed by atoms with E-state index < -0.39 is 0 Å². The predicted octanol–water partition coefficient (Wildman–Crippen LogP) is 0.945. The molecule has 1 aromatic heterocycles. The Morgan fingerprint density at radius 3 is 2.50 bits per heavy atom. The van der Waals surface area contributed by atoms with Crippen LogP contribution in [0.3, 0.4) is 0 Å². The molecule has 0 unspecified atom stereocenters. The molecule has 66 valence electrons. The summed E-state index contributed by atoms with van der Waals surface area (Å²) in [5, 5.41) is 9.30. The van der Waals surface area contributed by atoms with Crippen molar-refractivity contribution in [2.75, 3.05) is 7.11 Å². The molecule has 0 spiro atoms. The molecule has 0 fully saturated rings. The molecule has 4 heteroatoms. The number of aromatic nitrogens is 2. The van der Waals surface area contributed by atoms with Crippen molar-refractivity contribution in [1.29, 1.82) is 0 Å². The van der Waals surface area contributed by atoms with Gasteiger partial charge in [-0.3, -0.25) is 0 Å². The van der Waals surface area contributed by atoms with E-state index in [4.69, 9.17) is 4.74 Å². The summed E-state index contributed by atoms with van der Waals surface area (Å²) in [5.74, 6) is 0.549. The summed E-state index contributed by atoms with van der Waals surface area (Å²) in [6.07, 6.45) is 0. The first-order valence-corrected chi connectivity index (χ1v) is 3.67. The zero-order chi connectivity index (χ0) is 9.14. The van der Waals surface area contributed by atoms with E-state index in [0.717, 1.165) is 11.3 Å². The summed E-state index contributed by atoms with van der Waals surface area (Å²) >= 11 is 0. The van der Waals surface area contributed by atoms with Crippen molar-refractivity contribution in [2.24, 2.45) is 0 Å². The Hall–Kier alpha value is -1.16. The summed E-state index contributed by atoms with van der Waals surface area (Å²) in [5.41, 5.74) is 1.50. The number of aryl methyl sites for hydroxylation is 1. The van der Waals surface area contributed by atoms with Gasteiger partial charge in [0, 0.05) is 18.4 Å². The fourth-order valence-corrected chi connectivity index (χ4v) is 0.864. The van der Waals surface area contributed by atoms with Crippen molar-refractivity contribution in [2.45, 2.75) is 20.5 Å². The van der Waals surface area contributed by atoms with Gasteiger partial charge in [0.2, 0.25) is 5.88 Å². The lowest BCUT2D eigenvalue weighted by Gasteiger charge is -2.04. The number of nitrogens with zero attached hydrogens (tertiary/aromatic N) is 2. The molecule has 0 aliphatic heterocycles. The molecule has 1 rings (SSSR count). The molecule has 1 aromatic rings. The van der Waals surface area contributed by atoms with E-state index in [9.17, 15) is 5.11 Å². The van der Waals surface area contributed by atoms with Gasteiger partial charge in [0.05, 0.1) is 0 Å². The SMILES string of the molecule is COCc1nc(C)c(C)c(O)n1. The standard InChI is InChI=1S/C8H12N2O2/c1-5-6(2)9-7(4-12-3)10-8(5)11/h4H2,1-3H3,(H,9,10,11). The highest BCUT2D eigenvalue weighted by Gasteiger charge is 2.05. The average Bonchev–Trinajstić information content (AvgIpc) is 2.01. The lowest BCUT2D eigenvalue weighted by molar-refractivity contribution is 0.176. The van der Waals surface area contributed by atoms with E-state index in [2.05, 4.69) is 9.97 Å². The molecule has 0 aromatic carbocycles. The minimum absolute atomic E-state index is 0.0366. The van der Waals surface area contributed by atoms with Crippen LogP contribution >= 0.6 is 0 Å². The smallest absolute Gasteiger partial charge is 0.217 e. The first kappa shape index (κ1) is 8.93. The maximum Gasteiger partial charge on any atom is 0.217 e. The fourth-order valence-electron chi connectivity index (χ4n) is 0.864. The minimum Gasteiger partial charge on any atom is -0.493 e. The lowest BCUT2D eigenvalue weighted by Crippen LogP contribution is -2.00. The molecule has 0 radical (unpaired) electrons. The highest BCUT2D eigenvalue weighted by atomic mass is 16.5. The molecule has 1 N–H and O–H groups in total. The van der Waals surface area contributed by atoms with Gasteiger partial charge in [-0.15, -0.1) is 0 Å². The van der Waals surface area contributed by atoms with Crippen LogP contribution in [0.5, 0.6) is 5.88 Å². The second-order valence-electron chi connectivity index (χ2n) is 2.61. The first-order chi connectivity index (χ1) is 5.65. The van der Waals surface area contributed by atoms with Gasteiger partial charge in [0.15, 0.2) is 5.82 Å². The molecule has 0 amide bonds. The van der Waals surface area contributed by atoms with E-state index >= 15 is 0 Å². The molecule has 4 nitrogen and oxygen atoms in total. The Labute approximate surface area is 71.2 Å². The molecular formula is C8H12N2O2. The van der Waals surface area contributed by atoms with Gasteiger partial charge in [0.1, 0.15) is 6.61 Å². The van der Waals surface area contributed by atoms with E-state index in [0.29, 0.717) is 12.4 Å². The zero-order valence-electron chi connectivity index (χ0n) is 7.46. The normalized spacial score (nSPS) is 10.2. The highest BCUT2D eigenvalue weighted by Crippen LogP contribution is 2.14. The molecule has 1 heterocycles. The Morgan fingerprint density at radius 1 is 1.33 bits per heavy atom. The number of hydrogen-bond donors (Lipinski definition) is 1. The van der Waals surface area contributed by atoms with E-state index in [1.54, 1.807) is 14.0 Å². The van der Waals surface area contributed by atoms with E-state index in [1.165, 1.54) is 0 Å². The largest absolute Gasteiger partial charge is 0.493 e. The summed E-state index contributed by atoms with van der Waals surface area (Å²) < 4.78 is 4.84. The number of methoxy groups -OCH3 is 1. The second-order valence-corrected chi connectivity index (χ2v) is 2.61. The summed E-state index contributed by atoms with van der Waals surface area (Å²) in [6.45, 7) is 3.94. The van der Waals surface area contributed by atoms with Crippen molar-refractivity contribution in [3.05, 3.63) is 17.1 Å². The lowest BCUT2D eigenvalue weighted by atomic mass is 10.2. The molecule has 0 saturated carbocycles. The fraction of sp³-hybridized carbons (Fsp3) is 0.500. The molecule has 0 aliphatic carbocycles. The van der Waals surface area contributed by atoms with Gasteiger partial charge in [-0.2, -0.15) is 4.98 Å². The number of hydrogen-bond acceptors (Lipinski definition) is 4. The number of rotatable bonds is 2. The topological polar surface area (TPSA) is 55.2 Å². The maximum atomic E-state index is 9.30. The minimum atomic E-state index is 0.0366. The van der Waals surface area contributed by atoms with Crippen molar-refractivity contribution in [3.63, 3.8) is 0 Å². The van der Waals surface area contributed by atoms with Crippen LogP contribution in [0.25, 0.3) is 0 Å². The number of ether oxygens (including phenoxy) is 1. The van der Waals surface area contributed by atoms with Gasteiger partial charge >= 0.3 is 0 Å². The summed E-state index contributed by atoms with van der Waals surface area (Å²) in [4.78, 5) is 7.97. The molecular weight excluding hydrogens is 156 g/mol. The van der Waals surface area contributed by atoms with Crippen LogP contribution in [0.2, 0.25) is 0 Å².